The maximum absolute atomic E-state index is 13.2. The number of anilines is 1. The molecule has 0 fully saturated rings. The van der Waals surface area contributed by atoms with Gasteiger partial charge in [0, 0.05) is 39.8 Å². The van der Waals surface area contributed by atoms with E-state index in [0.717, 1.165) is 16.8 Å². The summed E-state index contributed by atoms with van der Waals surface area (Å²) in [5.74, 6) is -0.330. The van der Waals surface area contributed by atoms with Crippen LogP contribution >= 0.6 is 11.3 Å². The van der Waals surface area contributed by atoms with Crippen LogP contribution in [-0.4, -0.2) is 43.9 Å². The number of carbonyl (C=O) groups excluding carboxylic acids is 2. The van der Waals surface area contributed by atoms with Gasteiger partial charge in [0.2, 0.25) is 5.91 Å². The highest BCUT2D eigenvalue weighted by Gasteiger charge is 2.25. The minimum Gasteiger partial charge on any atom is -0.378 e. The molecule has 2 amide bonds. The molecule has 1 aromatic heterocycles. The third-order valence-electron chi connectivity index (χ3n) is 4.88. The summed E-state index contributed by atoms with van der Waals surface area (Å²) in [5.41, 5.74) is 3.16. The first-order valence-corrected chi connectivity index (χ1v) is 10.7. The number of hydrogen-bond acceptors (Lipinski definition) is 4. The van der Waals surface area contributed by atoms with Crippen LogP contribution in [0, 0.1) is 0 Å². The predicted molar refractivity (Wildman–Crippen MR) is 123 cm³/mol. The molecular weight excluding hydrogens is 394 g/mol. The molecule has 5 nitrogen and oxygen atoms in total. The fourth-order valence-electron chi connectivity index (χ4n) is 3.20. The van der Waals surface area contributed by atoms with Crippen molar-refractivity contribution in [2.24, 2.45) is 0 Å². The van der Waals surface area contributed by atoms with E-state index in [1.807, 2.05) is 85.0 Å². The Morgan fingerprint density at radius 1 is 0.900 bits per heavy atom. The van der Waals surface area contributed by atoms with Crippen LogP contribution in [0.3, 0.4) is 0 Å². The number of thiophene rings is 1. The van der Waals surface area contributed by atoms with Gasteiger partial charge in [-0.15, -0.1) is 11.3 Å². The maximum atomic E-state index is 13.2. The fraction of sp³-hybridized carbons (Fsp3) is 0.250. The van der Waals surface area contributed by atoms with Gasteiger partial charge in [0.1, 0.15) is 6.04 Å². The maximum Gasteiger partial charge on any atom is 0.262 e. The van der Waals surface area contributed by atoms with Gasteiger partial charge < -0.3 is 15.1 Å². The summed E-state index contributed by atoms with van der Waals surface area (Å²) in [6.07, 6.45) is 0.445. The summed E-state index contributed by atoms with van der Waals surface area (Å²) in [4.78, 5) is 30.2. The molecule has 0 radical (unpaired) electrons. The van der Waals surface area contributed by atoms with E-state index in [9.17, 15) is 9.59 Å². The highest BCUT2D eigenvalue weighted by molar-refractivity contribution is 7.12. The van der Waals surface area contributed by atoms with Crippen LogP contribution in [-0.2, 0) is 17.8 Å². The fourth-order valence-corrected chi connectivity index (χ4v) is 3.83. The zero-order chi connectivity index (χ0) is 21.5. The summed E-state index contributed by atoms with van der Waals surface area (Å²) < 4.78 is 0. The number of benzene rings is 2. The average molecular weight is 422 g/mol. The van der Waals surface area contributed by atoms with E-state index < -0.39 is 6.04 Å². The third kappa shape index (κ3) is 5.70. The second kappa shape index (κ2) is 10.1. The molecule has 0 aliphatic carbocycles. The van der Waals surface area contributed by atoms with Crippen LogP contribution in [0.1, 0.15) is 20.8 Å². The predicted octanol–water partition coefficient (Wildman–Crippen LogP) is 3.81. The molecule has 156 valence electrons. The van der Waals surface area contributed by atoms with Crippen LogP contribution in [0.15, 0.2) is 72.1 Å². The Labute approximate surface area is 181 Å². The van der Waals surface area contributed by atoms with Crippen molar-refractivity contribution < 1.29 is 9.59 Å². The molecule has 0 aliphatic heterocycles. The van der Waals surface area contributed by atoms with Gasteiger partial charge in [-0.1, -0.05) is 48.5 Å². The normalized spacial score (nSPS) is 11.6. The summed E-state index contributed by atoms with van der Waals surface area (Å²) in [5, 5.41) is 4.79. The quantitative estimate of drug-likeness (QED) is 0.602. The Kier molecular flexibility index (Phi) is 7.25. The Balaban J connectivity index is 1.73. The van der Waals surface area contributed by atoms with Crippen LogP contribution in [0.2, 0.25) is 0 Å². The number of likely N-dealkylation sites (N-methyl/N-ethyl adjacent to an activating group) is 1. The molecule has 6 heteroatoms. The highest BCUT2D eigenvalue weighted by Crippen LogP contribution is 2.15. The molecule has 3 rings (SSSR count). The Bertz CT molecular complexity index is 954. The van der Waals surface area contributed by atoms with Crippen molar-refractivity contribution in [2.45, 2.75) is 19.0 Å². The lowest BCUT2D eigenvalue weighted by Gasteiger charge is -2.25. The molecule has 0 unspecified atom stereocenters. The molecular formula is C24H27N3O2S. The lowest BCUT2D eigenvalue weighted by Crippen LogP contribution is -2.48. The van der Waals surface area contributed by atoms with Gasteiger partial charge in [-0.05, 0) is 34.7 Å². The minimum atomic E-state index is -0.631. The van der Waals surface area contributed by atoms with Gasteiger partial charge in [0.25, 0.3) is 5.91 Å². The molecule has 2 aromatic carbocycles. The number of rotatable bonds is 8. The number of amides is 2. The average Bonchev–Trinajstić information content (AvgIpc) is 3.29. The van der Waals surface area contributed by atoms with Crippen LogP contribution < -0.4 is 10.2 Å². The molecule has 1 N–H and O–H groups in total. The highest BCUT2D eigenvalue weighted by atomic mass is 32.1. The number of nitrogens with zero attached hydrogens (tertiary/aromatic N) is 2. The number of carbonyl (C=O) groups is 2. The molecule has 3 aromatic rings. The summed E-state index contributed by atoms with van der Waals surface area (Å²) >= 11 is 1.36. The summed E-state index contributed by atoms with van der Waals surface area (Å²) in [6, 6.07) is 20.8. The summed E-state index contributed by atoms with van der Waals surface area (Å²) in [6.45, 7) is 0.479. The monoisotopic (exact) mass is 421 g/mol. The Hall–Kier alpha value is -3.12. The SMILES string of the molecule is CN(Cc1ccc(N(C)C)cc1)C(=O)[C@@H](Cc1ccccc1)NC(=O)c1cccs1. The first-order valence-electron chi connectivity index (χ1n) is 9.83. The van der Waals surface area contributed by atoms with Crippen molar-refractivity contribution in [1.82, 2.24) is 10.2 Å². The van der Waals surface area contributed by atoms with Gasteiger partial charge in [0.15, 0.2) is 0 Å². The molecule has 1 heterocycles. The minimum absolute atomic E-state index is 0.111. The van der Waals surface area contributed by atoms with Crippen molar-refractivity contribution in [3.8, 4) is 0 Å². The second-order valence-electron chi connectivity index (χ2n) is 7.45. The van der Waals surface area contributed by atoms with E-state index in [4.69, 9.17) is 0 Å². The van der Waals surface area contributed by atoms with Crippen molar-refractivity contribution >= 4 is 28.8 Å². The third-order valence-corrected chi connectivity index (χ3v) is 5.75. The van der Waals surface area contributed by atoms with E-state index in [-0.39, 0.29) is 11.8 Å². The van der Waals surface area contributed by atoms with E-state index >= 15 is 0 Å². The van der Waals surface area contributed by atoms with Crippen LogP contribution in [0.4, 0.5) is 5.69 Å². The molecule has 1 atom stereocenters. The lowest BCUT2D eigenvalue weighted by molar-refractivity contribution is -0.132. The first kappa shape index (κ1) is 21.6. The van der Waals surface area contributed by atoms with Gasteiger partial charge >= 0.3 is 0 Å². The van der Waals surface area contributed by atoms with Crippen LogP contribution in [0.5, 0.6) is 0 Å². The van der Waals surface area contributed by atoms with E-state index in [0.29, 0.717) is 17.8 Å². The number of hydrogen-bond donors (Lipinski definition) is 1. The van der Waals surface area contributed by atoms with Crippen molar-refractivity contribution in [1.29, 1.82) is 0 Å². The molecule has 0 spiro atoms. The summed E-state index contributed by atoms with van der Waals surface area (Å²) in [7, 11) is 5.77. The second-order valence-corrected chi connectivity index (χ2v) is 8.40. The van der Waals surface area contributed by atoms with Gasteiger partial charge in [-0.25, -0.2) is 0 Å². The van der Waals surface area contributed by atoms with E-state index in [1.165, 1.54) is 11.3 Å². The number of nitrogens with one attached hydrogen (secondary N) is 1. The van der Waals surface area contributed by atoms with Crippen molar-refractivity contribution in [3.05, 3.63) is 88.1 Å². The lowest BCUT2D eigenvalue weighted by atomic mass is 10.0. The zero-order valence-electron chi connectivity index (χ0n) is 17.5. The van der Waals surface area contributed by atoms with Gasteiger partial charge in [-0.3, -0.25) is 9.59 Å². The van der Waals surface area contributed by atoms with E-state index in [1.54, 1.807) is 18.0 Å². The van der Waals surface area contributed by atoms with E-state index in [2.05, 4.69) is 5.32 Å². The Morgan fingerprint density at radius 3 is 2.20 bits per heavy atom. The molecule has 30 heavy (non-hydrogen) atoms. The molecule has 0 bridgehead atoms. The largest absolute Gasteiger partial charge is 0.378 e. The van der Waals surface area contributed by atoms with Gasteiger partial charge in [-0.2, -0.15) is 0 Å². The molecule has 0 aliphatic rings. The first-order chi connectivity index (χ1) is 14.4. The molecule has 0 saturated heterocycles. The van der Waals surface area contributed by atoms with Crippen molar-refractivity contribution in [3.63, 3.8) is 0 Å². The van der Waals surface area contributed by atoms with Crippen molar-refractivity contribution in [2.75, 3.05) is 26.0 Å². The topological polar surface area (TPSA) is 52.6 Å². The van der Waals surface area contributed by atoms with Crippen LogP contribution in [0.25, 0.3) is 0 Å². The standard InChI is InChI=1S/C24H27N3O2S/c1-26(2)20-13-11-19(12-14-20)17-27(3)24(29)21(16-18-8-5-4-6-9-18)25-23(28)22-10-7-15-30-22/h4-15,21H,16-17H2,1-3H3,(H,25,28)/t21-/m1/s1. The Morgan fingerprint density at radius 2 is 1.60 bits per heavy atom. The molecule has 0 saturated carbocycles. The smallest absolute Gasteiger partial charge is 0.262 e. The van der Waals surface area contributed by atoms with Gasteiger partial charge in [0.05, 0.1) is 4.88 Å². The zero-order valence-corrected chi connectivity index (χ0v) is 18.4.